The lowest BCUT2D eigenvalue weighted by Gasteiger charge is -2.09. The molecule has 0 atom stereocenters. The van der Waals surface area contributed by atoms with Crippen LogP contribution in [0.1, 0.15) is 12.6 Å². The molecule has 0 aliphatic carbocycles. The molecule has 1 aromatic heterocycles. The molecule has 0 amide bonds. The van der Waals surface area contributed by atoms with E-state index in [1.54, 1.807) is 13.2 Å². The minimum absolute atomic E-state index is 0.504. The maximum absolute atomic E-state index is 5.07. The predicted octanol–water partition coefficient (Wildman–Crippen LogP) is 1.33. The lowest BCUT2D eigenvalue weighted by molar-refractivity contribution is 0.396. The standard InChI is InChI=1S/C13H20N4O/c1-4-9-15-13(14-5-2)16-10-11-7-6-8-12(17-11)18-3/h4,6-8H,1,5,9-10H2,2-3H3,(H2,14,15,16). The molecule has 18 heavy (non-hydrogen) atoms. The Labute approximate surface area is 108 Å². The molecule has 0 aromatic carbocycles. The molecule has 5 nitrogen and oxygen atoms in total. The fourth-order valence-electron chi connectivity index (χ4n) is 1.33. The van der Waals surface area contributed by atoms with Crippen LogP contribution in [0.25, 0.3) is 0 Å². The SMILES string of the molecule is C=CCNC(=NCc1cccc(OC)n1)NCC. The van der Waals surface area contributed by atoms with Crippen LogP contribution >= 0.6 is 0 Å². The molecule has 0 fully saturated rings. The van der Waals surface area contributed by atoms with Gasteiger partial charge in [0, 0.05) is 19.2 Å². The highest BCUT2D eigenvalue weighted by atomic mass is 16.5. The summed E-state index contributed by atoms with van der Waals surface area (Å²) in [5, 5.41) is 6.28. The van der Waals surface area contributed by atoms with E-state index in [0.29, 0.717) is 19.0 Å². The van der Waals surface area contributed by atoms with Crippen molar-refractivity contribution in [1.29, 1.82) is 0 Å². The maximum atomic E-state index is 5.07. The average Bonchev–Trinajstić information content (AvgIpc) is 2.42. The summed E-state index contributed by atoms with van der Waals surface area (Å²) in [6.07, 6.45) is 1.79. The summed E-state index contributed by atoms with van der Waals surface area (Å²) in [6.45, 7) is 7.68. The van der Waals surface area contributed by atoms with E-state index in [1.807, 2.05) is 25.1 Å². The normalized spacial score (nSPS) is 10.9. The van der Waals surface area contributed by atoms with Gasteiger partial charge in [0.15, 0.2) is 5.96 Å². The first-order valence-electron chi connectivity index (χ1n) is 5.93. The molecular weight excluding hydrogens is 228 g/mol. The maximum Gasteiger partial charge on any atom is 0.213 e. The first kappa shape index (κ1) is 14.0. The van der Waals surface area contributed by atoms with Crippen molar-refractivity contribution < 1.29 is 4.74 Å². The van der Waals surface area contributed by atoms with E-state index in [2.05, 4.69) is 27.2 Å². The molecular formula is C13H20N4O. The molecule has 0 bridgehead atoms. The third-order valence-electron chi connectivity index (χ3n) is 2.15. The van der Waals surface area contributed by atoms with Crippen molar-refractivity contribution in [3.05, 3.63) is 36.5 Å². The Morgan fingerprint density at radius 1 is 1.50 bits per heavy atom. The minimum Gasteiger partial charge on any atom is -0.481 e. The van der Waals surface area contributed by atoms with Gasteiger partial charge in [-0.15, -0.1) is 6.58 Å². The Morgan fingerprint density at radius 2 is 2.33 bits per heavy atom. The summed E-state index contributed by atoms with van der Waals surface area (Å²) in [6, 6.07) is 5.64. The van der Waals surface area contributed by atoms with Crippen molar-refractivity contribution in [1.82, 2.24) is 15.6 Å². The van der Waals surface area contributed by atoms with Gasteiger partial charge in [0.05, 0.1) is 19.3 Å². The first-order valence-corrected chi connectivity index (χ1v) is 5.93. The summed E-state index contributed by atoms with van der Waals surface area (Å²) < 4.78 is 5.07. The van der Waals surface area contributed by atoms with Gasteiger partial charge in [-0.2, -0.15) is 0 Å². The fraction of sp³-hybridized carbons (Fsp3) is 0.385. The zero-order valence-electron chi connectivity index (χ0n) is 10.9. The average molecular weight is 248 g/mol. The number of hydrogen-bond donors (Lipinski definition) is 2. The number of aliphatic imine (C=N–C) groups is 1. The Hall–Kier alpha value is -2.04. The Balaban J connectivity index is 2.64. The topological polar surface area (TPSA) is 58.5 Å². The molecule has 0 unspecified atom stereocenters. The van der Waals surface area contributed by atoms with Gasteiger partial charge in [0.2, 0.25) is 5.88 Å². The van der Waals surface area contributed by atoms with E-state index in [0.717, 1.165) is 18.2 Å². The molecule has 0 spiro atoms. The third kappa shape index (κ3) is 4.86. The molecule has 1 rings (SSSR count). The number of nitrogens with zero attached hydrogens (tertiary/aromatic N) is 2. The van der Waals surface area contributed by atoms with E-state index >= 15 is 0 Å². The van der Waals surface area contributed by atoms with Crippen LogP contribution in [-0.2, 0) is 6.54 Å². The number of ether oxygens (including phenoxy) is 1. The molecule has 0 aliphatic heterocycles. The number of nitrogens with one attached hydrogen (secondary N) is 2. The molecule has 2 N–H and O–H groups in total. The first-order chi connectivity index (χ1) is 8.80. The van der Waals surface area contributed by atoms with Crippen LogP contribution in [0.3, 0.4) is 0 Å². The van der Waals surface area contributed by atoms with Crippen LogP contribution < -0.4 is 15.4 Å². The van der Waals surface area contributed by atoms with Gasteiger partial charge in [-0.1, -0.05) is 12.1 Å². The molecule has 1 heterocycles. The largest absolute Gasteiger partial charge is 0.481 e. The van der Waals surface area contributed by atoms with Crippen molar-refractivity contribution in [2.24, 2.45) is 4.99 Å². The van der Waals surface area contributed by atoms with Crippen molar-refractivity contribution in [3.63, 3.8) is 0 Å². The van der Waals surface area contributed by atoms with Crippen LogP contribution in [0.2, 0.25) is 0 Å². The molecule has 0 saturated carbocycles. The van der Waals surface area contributed by atoms with Crippen LogP contribution in [0.15, 0.2) is 35.8 Å². The van der Waals surface area contributed by atoms with Gasteiger partial charge in [0.1, 0.15) is 0 Å². The van der Waals surface area contributed by atoms with Gasteiger partial charge in [0.25, 0.3) is 0 Å². The molecule has 0 saturated heterocycles. The summed E-state index contributed by atoms with van der Waals surface area (Å²) >= 11 is 0. The van der Waals surface area contributed by atoms with Gasteiger partial charge in [-0.25, -0.2) is 9.98 Å². The highest BCUT2D eigenvalue weighted by Gasteiger charge is 1.98. The number of rotatable bonds is 6. The Bertz CT molecular complexity index is 404. The predicted molar refractivity (Wildman–Crippen MR) is 73.8 cm³/mol. The van der Waals surface area contributed by atoms with Gasteiger partial charge >= 0.3 is 0 Å². The van der Waals surface area contributed by atoms with E-state index in [1.165, 1.54) is 0 Å². The van der Waals surface area contributed by atoms with Crippen molar-refractivity contribution >= 4 is 5.96 Å². The van der Waals surface area contributed by atoms with Crippen molar-refractivity contribution in [3.8, 4) is 5.88 Å². The van der Waals surface area contributed by atoms with Gasteiger partial charge in [-0.05, 0) is 13.0 Å². The number of pyridine rings is 1. The quantitative estimate of drug-likeness (QED) is 0.453. The summed E-state index contributed by atoms with van der Waals surface area (Å²) in [7, 11) is 1.60. The lowest BCUT2D eigenvalue weighted by atomic mass is 10.3. The molecule has 0 aliphatic rings. The van der Waals surface area contributed by atoms with Crippen molar-refractivity contribution in [2.75, 3.05) is 20.2 Å². The monoisotopic (exact) mass is 248 g/mol. The second-order valence-corrected chi connectivity index (χ2v) is 3.54. The third-order valence-corrected chi connectivity index (χ3v) is 2.15. The molecule has 5 heteroatoms. The van der Waals surface area contributed by atoms with Crippen LogP contribution in [0.4, 0.5) is 0 Å². The van der Waals surface area contributed by atoms with Crippen molar-refractivity contribution in [2.45, 2.75) is 13.5 Å². The van der Waals surface area contributed by atoms with Crippen LogP contribution in [0, 0.1) is 0 Å². The van der Waals surface area contributed by atoms with Gasteiger partial charge < -0.3 is 15.4 Å². The highest BCUT2D eigenvalue weighted by Crippen LogP contribution is 2.07. The smallest absolute Gasteiger partial charge is 0.213 e. The summed E-state index contributed by atoms with van der Waals surface area (Å²) in [4.78, 5) is 8.72. The summed E-state index contributed by atoms with van der Waals surface area (Å²) in [5.41, 5.74) is 0.866. The number of guanidine groups is 1. The second-order valence-electron chi connectivity index (χ2n) is 3.54. The van der Waals surface area contributed by atoms with E-state index in [9.17, 15) is 0 Å². The lowest BCUT2D eigenvalue weighted by Crippen LogP contribution is -2.37. The zero-order chi connectivity index (χ0) is 13.2. The van der Waals surface area contributed by atoms with Crippen LogP contribution in [-0.4, -0.2) is 31.1 Å². The zero-order valence-corrected chi connectivity index (χ0v) is 10.9. The number of hydrogen-bond acceptors (Lipinski definition) is 3. The Morgan fingerprint density at radius 3 is 3.00 bits per heavy atom. The number of aromatic nitrogens is 1. The molecule has 1 aromatic rings. The summed E-state index contributed by atoms with van der Waals surface area (Å²) in [5.74, 6) is 1.36. The fourth-order valence-corrected chi connectivity index (χ4v) is 1.33. The van der Waals surface area contributed by atoms with Gasteiger partial charge in [-0.3, -0.25) is 0 Å². The molecule has 0 radical (unpaired) electrons. The Kier molecular flexibility index (Phi) is 6.32. The van der Waals surface area contributed by atoms with E-state index in [4.69, 9.17) is 4.74 Å². The van der Waals surface area contributed by atoms with E-state index < -0.39 is 0 Å². The van der Waals surface area contributed by atoms with Crippen LogP contribution in [0.5, 0.6) is 5.88 Å². The highest BCUT2D eigenvalue weighted by molar-refractivity contribution is 5.79. The minimum atomic E-state index is 0.504. The molecule has 98 valence electrons. The number of methoxy groups -OCH3 is 1. The van der Waals surface area contributed by atoms with E-state index in [-0.39, 0.29) is 0 Å². The second kappa shape index (κ2) is 8.11.